The van der Waals surface area contributed by atoms with Crippen LogP contribution >= 0.6 is 0 Å². The Morgan fingerprint density at radius 1 is 1.35 bits per heavy atom. The fourth-order valence-corrected chi connectivity index (χ4v) is 2.34. The maximum atomic E-state index is 10.8. The fourth-order valence-electron chi connectivity index (χ4n) is 2.34. The Kier molecular flexibility index (Phi) is 6.02. The topological polar surface area (TPSA) is 49.8 Å². The molecule has 20 heavy (non-hydrogen) atoms. The summed E-state index contributed by atoms with van der Waals surface area (Å²) in [5.74, 6) is -0.774. The summed E-state index contributed by atoms with van der Waals surface area (Å²) in [6.45, 7) is 6.70. The predicted octanol–water partition coefficient (Wildman–Crippen LogP) is 3.17. The second kappa shape index (κ2) is 7.29. The number of carbonyl (C=O) groups is 1. The van der Waals surface area contributed by atoms with Crippen LogP contribution in [-0.2, 0) is 9.53 Å². The number of benzene rings is 1. The average molecular weight is 279 g/mol. The number of carboxylic acid groups (broad SMARTS) is 1. The zero-order valence-corrected chi connectivity index (χ0v) is 12.8. The second-order valence-corrected chi connectivity index (χ2v) is 5.69. The van der Waals surface area contributed by atoms with Crippen LogP contribution in [-0.4, -0.2) is 36.4 Å². The molecule has 0 bridgehead atoms. The molecule has 0 saturated carbocycles. The van der Waals surface area contributed by atoms with Crippen LogP contribution in [0.4, 0.5) is 5.69 Å². The van der Waals surface area contributed by atoms with Gasteiger partial charge in [-0.2, -0.15) is 0 Å². The van der Waals surface area contributed by atoms with E-state index in [0.29, 0.717) is 6.54 Å². The zero-order valence-electron chi connectivity index (χ0n) is 12.8. The van der Waals surface area contributed by atoms with Crippen molar-refractivity contribution in [1.29, 1.82) is 0 Å². The largest absolute Gasteiger partial charge is 0.481 e. The molecule has 0 amide bonds. The number of para-hydroxylation sites is 1. The molecular formula is C16H25NO3. The van der Waals surface area contributed by atoms with E-state index >= 15 is 0 Å². The van der Waals surface area contributed by atoms with Gasteiger partial charge in [0.2, 0.25) is 0 Å². The summed E-state index contributed by atoms with van der Waals surface area (Å²) in [6, 6.07) is 10.1. The van der Waals surface area contributed by atoms with E-state index in [1.165, 1.54) is 0 Å². The van der Waals surface area contributed by atoms with E-state index in [1.807, 2.05) is 44.2 Å². The first-order valence-electron chi connectivity index (χ1n) is 6.94. The summed E-state index contributed by atoms with van der Waals surface area (Å²) in [6.07, 6.45) is 0.963. The molecule has 1 aromatic carbocycles. The van der Waals surface area contributed by atoms with Gasteiger partial charge in [0.05, 0.1) is 12.0 Å². The maximum absolute atomic E-state index is 10.8. The Morgan fingerprint density at radius 2 is 1.95 bits per heavy atom. The highest BCUT2D eigenvalue weighted by Crippen LogP contribution is 2.24. The number of hydrogen-bond acceptors (Lipinski definition) is 3. The molecule has 0 aromatic heterocycles. The van der Waals surface area contributed by atoms with E-state index in [1.54, 1.807) is 7.11 Å². The monoisotopic (exact) mass is 279 g/mol. The van der Waals surface area contributed by atoms with Gasteiger partial charge in [-0.05, 0) is 39.3 Å². The number of ether oxygens (including phenoxy) is 1. The van der Waals surface area contributed by atoms with E-state index in [2.05, 4.69) is 11.8 Å². The van der Waals surface area contributed by atoms with Gasteiger partial charge in [-0.15, -0.1) is 0 Å². The third kappa shape index (κ3) is 5.21. The van der Waals surface area contributed by atoms with Crippen molar-refractivity contribution in [1.82, 2.24) is 0 Å². The Balaban J connectivity index is 2.84. The first-order valence-corrected chi connectivity index (χ1v) is 6.94. The molecule has 112 valence electrons. The molecular weight excluding hydrogens is 254 g/mol. The quantitative estimate of drug-likeness (QED) is 0.794. The highest BCUT2D eigenvalue weighted by molar-refractivity contribution is 5.67. The van der Waals surface area contributed by atoms with Crippen molar-refractivity contribution in [2.45, 2.75) is 45.3 Å². The Bertz CT molecular complexity index is 417. The third-order valence-corrected chi connectivity index (χ3v) is 3.53. The van der Waals surface area contributed by atoms with Crippen LogP contribution in [0, 0.1) is 0 Å². The van der Waals surface area contributed by atoms with Crippen molar-refractivity contribution in [3.05, 3.63) is 30.3 Å². The molecule has 1 rings (SSSR count). The summed E-state index contributed by atoms with van der Waals surface area (Å²) in [5.41, 5.74) is 0.823. The van der Waals surface area contributed by atoms with Crippen LogP contribution in [0.1, 0.15) is 33.6 Å². The molecule has 1 unspecified atom stereocenters. The lowest BCUT2D eigenvalue weighted by Crippen LogP contribution is -2.40. The van der Waals surface area contributed by atoms with Gasteiger partial charge in [-0.25, -0.2) is 0 Å². The standard InChI is InChI=1S/C16H25NO3/c1-13(12-16(2,3)20-4)17(11-10-15(18)19)14-8-6-5-7-9-14/h5-9,13H,10-12H2,1-4H3,(H,18,19). The molecule has 0 saturated heterocycles. The highest BCUT2D eigenvalue weighted by Gasteiger charge is 2.24. The van der Waals surface area contributed by atoms with Gasteiger partial charge in [0.15, 0.2) is 0 Å². The molecule has 0 radical (unpaired) electrons. The molecule has 4 heteroatoms. The van der Waals surface area contributed by atoms with Gasteiger partial charge in [-0.1, -0.05) is 18.2 Å². The summed E-state index contributed by atoms with van der Waals surface area (Å²) < 4.78 is 5.48. The van der Waals surface area contributed by atoms with Crippen molar-refractivity contribution in [2.75, 3.05) is 18.6 Å². The molecule has 0 aliphatic rings. The molecule has 0 spiro atoms. The van der Waals surface area contributed by atoms with E-state index in [-0.39, 0.29) is 18.1 Å². The molecule has 1 N–H and O–H groups in total. The minimum atomic E-state index is -0.774. The minimum Gasteiger partial charge on any atom is -0.481 e. The second-order valence-electron chi connectivity index (χ2n) is 5.69. The lowest BCUT2D eigenvalue weighted by atomic mass is 9.98. The summed E-state index contributed by atoms with van der Waals surface area (Å²) in [7, 11) is 1.71. The van der Waals surface area contributed by atoms with Gasteiger partial charge in [-0.3, -0.25) is 4.79 Å². The molecule has 4 nitrogen and oxygen atoms in total. The van der Waals surface area contributed by atoms with E-state index < -0.39 is 5.97 Å². The number of carboxylic acids is 1. The summed E-state index contributed by atoms with van der Waals surface area (Å²) in [5, 5.41) is 8.92. The SMILES string of the molecule is COC(C)(C)CC(C)N(CCC(=O)O)c1ccccc1. The Hall–Kier alpha value is -1.55. The van der Waals surface area contributed by atoms with E-state index in [0.717, 1.165) is 12.1 Å². The Morgan fingerprint density at radius 3 is 2.45 bits per heavy atom. The van der Waals surface area contributed by atoms with Gasteiger partial charge < -0.3 is 14.7 Å². The number of anilines is 1. The van der Waals surface area contributed by atoms with Crippen LogP contribution in [0.25, 0.3) is 0 Å². The lowest BCUT2D eigenvalue weighted by Gasteiger charge is -2.35. The normalized spacial score (nSPS) is 13.0. The fraction of sp³-hybridized carbons (Fsp3) is 0.562. The molecule has 1 aromatic rings. The zero-order chi connectivity index (χ0) is 15.2. The van der Waals surface area contributed by atoms with Crippen LogP contribution < -0.4 is 4.90 Å². The van der Waals surface area contributed by atoms with Crippen molar-refractivity contribution in [3.8, 4) is 0 Å². The molecule has 0 fully saturated rings. The number of rotatable bonds is 8. The first kappa shape index (κ1) is 16.5. The predicted molar refractivity (Wildman–Crippen MR) is 81.2 cm³/mol. The average Bonchev–Trinajstić information content (AvgIpc) is 2.39. The number of methoxy groups -OCH3 is 1. The van der Waals surface area contributed by atoms with E-state index in [4.69, 9.17) is 9.84 Å². The third-order valence-electron chi connectivity index (χ3n) is 3.53. The molecule has 1 atom stereocenters. The maximum Gasteiger partial charge on any atom is 0.305 e. The van der Waals surface area contributed by atoms with Gasteiger partial charge in [0, 0.05) is 25.4 Å². The Labute approximate surface area is 121 Å². The van der Waals surface area contributed by atoms with Crippen molar-refractivity contribution >= 4 is 11.7 Å². The van der Waals surface area contributed by atoms with Crippen LogP contribution in [0.15, 0.2) is 30.3 Å². The highest BCUT2D eigenvalue weighted by atomic mass is 16.5. The van der Waals surface area contributed by atoms with Crippen LogP contribution in [0.3, 0.4) is 0 Å². The number of hydrogen-bond donors (Lipinski definition) is 1. The molecule has 0 heterocycles. The number of aliphatic carboxylic acids is 1. The summed E-state index contributed by atoms with van der Waals surface area (Å²) >= 11 is 0. The van der Waals surface area contributed by atoms with Gasteiger partial charge >= 0.3 is 5.97 Å². The molecule has 0 aliphatic heterocycles. The first-order chi connectivity index (χ1) is 9.35. The van der Waals surface area contributed by atoms with Crippen LogP contribution in [0.2, 0.25) is 0 Å². The minimum absolute atomic E-state index is 0.132. The van der Waals surface area contributed by atoms with Crippen LogP contribution in [0.5, 0.6) is 0 Å². The van der Waals surface area contributed by atoms with Crippen molar-refractivity contribution in [3.63, 3.8) is 0 Å². The van der Waals surface area contributed by atoms with Gasteiger partial charge in [0.1, 0.15) is 0 Å². The smallest absolute Gasteiger partial charge is 0.305 e. The van der Waals surface area contributed by atoms with E-state index in [9.17, 15) is 4.79 Å². The molecule has 0 aliphatic carbocycles. The number of nitrogens with zero attached hydrogens (tertiary/aromatic N) is 1. The van der Waals surface area contributed by atoms with Gasteiger partial charge in [0.25, 0.3) is 0 Å². The summed E-state index contributed by atoms with van der Waals surface area (Å²) in [4.78, 5) is 13.0. The van der Waals surface area contributed by atoms with Crippen molar-refractivity contribution in [2.24, 2.45) is 0 Å². The lowest BCUT2D eigenvalue weighted by molar-refractivity contribution is -0.136. The van der Waals surface area contributed by atoms with Crippen molar-refractivity contribution < 1.29 is 14.6 Å².